The normalized spacial score (nSPS) is 10.5. The number of ether oxygens (including phenoxy) is 1. The molecular weight excluding hydrogens is 208 g/mol. The van der Waals surface area contributed by atoms with Gasteiger partial charge in [-0.3, -0.25) is 0 Å². The monoisotopic (exact) mass is 233 g/mol. The van der Waals surface area contributed by atoms with Gasteiger partial charge in [0.15, 0.2) is 0 Å². The van der Waals surface area contributed by atoms with Gasteiger partial charge in [-0.25, -0.2) is 0 Å². The van der Waals surface area contributed by atoms with Crippen molar-refractivity contribution in [2.45, 2.75) is 52.4 Å². The zero-order valence-electron chi connectivity index (χ0n) is 11.3. The molecule has 0 unspecified atom stereocenters. The van der Waals surface area contributed by atoms with E-state index in [4.69, 9.17) is 4.74 Å². The SMILES string of the molecule is [CH2]CCCCCCCOc1ccc(C)cc1C. The topological polar surface area (TPSA) is 9.23 Å². The van der Waals surface area contributed by atoms with Crippen LogP contribution in [0.15, 0.2) is 18.2 Å². The Morgan fingerprint density at radius 3 is 2.41 bits per heavy atom. The van der Waals surface area contributed by atoms with E-state index >= 15 is 0 Å². The van der Waals surface area contributed by atoms with E-state index in [0.717, 1.165) is 25.2 Å². The first-order valence-electron chi connectivity index (χ1n) is 6.73. The summed E-state index contributed by atoms with van der Waals surface area (Å²) in [5, 5.41) is 0. The summed E-state index contributed by atoms with van der Waals surface area (Å²) in [6, 6.07) is 6.35. The molecule has 0 aliphatic carbocycles. The lowest BCUT2D eigenvalue weighted by Crippen LogP contribution is -1.99. The second kappa shape index (κ2) is 8.16. The molecule has 1 nitrogen and oxygen atoms in total. The minimum atomic E-state index is 0.842. The standard InChI is InChI=1S/C16H25O/c1-4-5-6-7-8-9-12-17-16-11-10-14(2)13-15(16)3/h10-11,13H,1,4-9,12H2,2-3H3. The fourth-order valence-corrected chi connectivity index (χ4v) is 1.95. The van der Waals surface area contributed by atoms with Crippen LogP contribution in [-0.4, -0.2) is 6.61 Å². The maximum atomic E-state index is 5.79. The zero-order valence-corrected chi connectivity index (χ0v) is 11.3. The Morgan fingerprint density at radius 1 is 1.00 bits per heavy atom. The average Bonchev–Trinajstić information content (AvgIpc) is 2.30. The molecule has 0 saturated heterocycles. The van der Waals surface area contributed by atoms with Gasteiger partial charge in [-0.15, -0.1) is 0 Å². The number of aryl methyl sites for hydroxylation is 2. The summed E-state index contributed by atoms with van der Waals surface area (Å²) in [6.45, 7) is 8.91. The lowest BCUT2D eigenvalue weighted by Gasteiger charge is -2.09. The summed E-state index contributed by atoms with van der Waals surface area (Å²) in [5.41, 5.74) is 2.53. The molecule has 1 aromatic carbocycles. The summed E-state index contributed by atoms with van der Waals surface area (Å²) < 4.78 is 5.79. The summed E-state index contributed by atoms with van der Waals surface area (Å²) in [7, 11) is 0. The Kier molecular flexibility index (Phi) is 6.76. The van der Waals surface area contributed by atoms with Crippen LogP contribution in [0.2, 0.25) is 0 Å². The van der Waals surface area contributed by atoms with Gasteiger partial charge >= 0.3 is 0 Å². The van der Waals surface area contributed by atoms with Gasteiger partial charge in [0.25, 0.3) is 0 Å². The molecule has 1 radical (unpaired) electrons. The van der Waals surface area contributed by atoms with Crippen molar-refractivity contribution < 1.29 is 4.74 Å². The van der Waals surface area contributed by atoms with Crippen molar-refractivity contribution >= 4 is 0 Å². The molecule has 95 valence electrons. The van der Waals surface area contributed by atoms with Crippen molar-refractivity contribution in [3.05, 3.63) is 36.2 Å². The second-order valence-corrected chi connectivity index (χ2v) is 4.74. The first-order valence-corrected chi connectivity index (χ1v) is 6.73. The first kappa shape index (κ1) is 14.1. The molecule has 0 bridgehead atoms. The van der Waals surface area contributed by atoms with Crippen LogP contribution in [0, 0.1) is 20.8 Å². The maximum absolute atomic E-state index is 5.79. The third kappa shape index (κ3) is 5.76. The number of hydrogen-bond donors (Lipinski definition) is 0. The van der Waals surface area contributed by atoms with Crippen molar-refractivity contribution in [2.24, 2.45) is 0 Å². The van der Waals surface area contributed by atoms with Crippen molar-refractivity contribution in [1.29, 1.82) is 0 Å². The van der Waals surface area contributed by atoms with Crippen LogP contribution in [0.1, 0.15) is 49.7 Å². The fraction of sp³-hybridized carbons (Fsp3) is 0.562. The quantitative estimate of drug-likeness (QED) is 0.583. The molecule has 0 atom stereocenters. The van der Waals surface area contributed by atoms with E-state index in [1.54, 1.807) is 0 Å². The van der Waals surface area contributed by atoms with E-state index in [1.165, 1.54) is 36.8 Å². The molecule has 1 aromatic rings. The van der Waals surface area contributed by atoms with Crippen molar-refractivity contribution in [2.75, 3.05) is 6.61 Å². The highest BCUT2D eigenvalue weighted by atomic mass is 16.5. The van der Waals surface area contributed by atoms with Crippen molar-refractivity contribution in [3.8, 4) is 5.75 Å². The summed E-state index contributed by atoms with van der Waals surface area (Å²) in [5.74, 6) is 1.04. The van der Waals surface area contributed by atoms with Crippen LogP contribution in [-0.2, 0) is 0 Å². The smallest absolute Gasteiger partial charge is 0.122 e. The predicted octanol–water partition coefficient (Wildman–Crippen LogP) is 4.86. The van der Waals surface area contributed by atoms with E-state index < -0.39 is 0 Å². The number of unbranched alkanes of at least 4 members (excludes halogenated alkanes) is 5. The molecule has 1 heteroatoms. The Morgan fingerprint density at radius 2 is 1.71 bits per heavy atom. The summed E-state index contributed by atoms with van der Waals surface area (Å²) in [6.07, 6.45) is 7.38. The Bertz CT molecular complexity index is 317. The highest BCUT2D eigenvalue weighted by molar-refractivity contribution is 5.35. The van der Waals surface area contributed by atoms with Crippen LogP contribution in [0.3, 0.4) is 0 Å². The van der Waals surface area contributed by atoms with E-state index in [0.29, 0.717) is 0 Å². The van der Waals surface area contributed by atoms with E-state index in [1.807, 2.05) is 0 Å². The second-order valence-electron chi connectivity index (χ2n) is 4.74. The van der Waals surface area contributed by atoms with Gasteiger partial charge in [-0.05, 0) is 31.9 Å². The van der Waals surface area contributed by atoms with E-state index in [9.17, 15) is 0 Å². The van der Waals surface area contributed by atoms with Crippen LogP contribution in [0.25, 0.3) is 0 Å². The van der Waals surface area contributed by atoms with Crippen molar-refractivity contribution in [3.63, 3.8) is 0 Å². The average molecular weight is 233 g/mol. The van der Waals surface area contributed by atoms with E-state index in [-0.39, 0.29) is 0 Å². The third-order valence-electron chi connectivity index (χ3n) is 2.98. The zero-order chi connectivity index (χ0) is 12.5. The van der Waals surface area contributed by atoms with Gasteiger partial charge in [0, 0.05) is 0 Å². The third-order valence-corrected chi connectivity index (χ3v) is 2.98. The molecule has 0 amide bonds. The van der Waals surface area contributed by atoms with Crippen LogP contribution < -0.4 is 4.74 Å². The molecule has 1 rings (SSSR count). The first-order chi connectivity index (χ1) is 8.24. The fourth-order valence-electron chi connectivity index (χ4n) is 1.95. The molecule has 0 fully saturated rings. The predicted molar refractivity (Wildman–Crippen MR) is 74.5 cm³/mol. The van der Waals surface area contributed by atoms with Crippen LogP contribution >= 0.6 is 0 Å². The molecule has 0 aliphatic rings. The molecule has 0 saturated carbocycles. The maximum Gasteiger partial charge on any atom is 0.122 e. The molecule has 0 N–H and O–H groups in total. The lowest BCUT2D eigenvalue weighted by molar-refractivity contribution is 0.302. The molecule has 0 spiro atoms. The molecule has 0 aromatic heterocycles. The largest absolute Gasteiger partial charge is 0.493 e. The summed E-state index contributed by atoms with van der Waals surface area (Å²) >= 11 is 0. The molecule has 0 aliphatic heterocycles. The van der Waals surface area contributed by atoms with Gasteiger partial charge < -0.3 is 4.74 Å². The van der Waals surface area contributed by atoms with Gasteiger partial charge in [-0.1, -0.05) is 56.7 Å². The Balaban J connectivity index is 2.14. The minimum absolute atomic E-state index is 0.842. The highest BCUT2D eigenvalue weighted by Gasteiger charge is 1.99. The van der Waals surface area contributed by atoms with Gasteiger partial charge in [0.05, 0.1) is 6.61 Å². The molecular formula is C16H25O. The Hall–Kier alpha value is -0.980. The lowest BCUT2D eigenvalue weighted by atomic mass is 10.1. The molecule has 17 heavy (non-hydrogen) atoms. The van der Waals surface area contributed by atoms with Gasteiger partial charge in [0.1, 0.15) is 5.75 Å². The van der Waals surface area contributed by atoms with E-state index in [2.05, 4.69) is 39.0 Å². The van der Waals surface area contributed by atoms with Crippen LogP contribution in [0.4, 0.5) is 0 Å². The minimum Gasteiger partial charge on any atom is -0.493 e. The number of rotatable bonds is 8. The highest BCUT2D eigenvalue weighted by Crippen LogP contribution is 2.19. The summed E-state index contributed by atoms with van der Waals surface area (Å²) in [4.78, 5) is 0. The Labute approximate surface area is 106 Å². The van der Waals surface area contributed by atoms with Crippen LogP contribution in [0.5, 0.6) is 5.75 Å². The van der Waals surface area contributed by atoms with Gasteiger partial charge in [0.2, 0.25) is 0 Å². The van der Waals surface area contributed by atoms with Crippen molar-refractivity contribution in [1.82, 2.24) is 0 Å². The number of hydrogen-bond acceptors (Lipinski definition) is 1. The number of benzene rings is 1. The van der Waals surface area contributed by atoms with Gasteiger partial charge in [-0.2, -0.15) is 0 Å². The molecule has 0 heterocycles.